The number of hydrogen-bond acceptors (Lipinski definition) is 2. The first-order chi connectivity index (χ1) is 7.72. The standard InChI is InChI=1S/C12H17BrN2O/c1-10-5-6-11(8-14-10)9-15-12(16)4-2-3-7-13/h5-6,8H,2-4,7,9H2,1H3,(H,15,16). The van der Waals surface area contributed by atoms with Gasteiger partial charge in [-0.1, -0.05) is 22.0 Å². The Morgan fingerprint density at radius 2 is 2.25 bits per heavy atom. The zero-order valence-corrected chi connectivity index (χ0v) is 11.1. The maximum absolute atomic E-state index is 11.4. The molecule has 16 heavy (non-hydrogen) atoms. The van der Waals surface area contributed by atoms with Gasteiger partial charge in [-0.2, -0.15) is 0 Å². The molecule has 0 aliphatic carbocycles. The highest BCUT2D eigenvalue weighted by molar-refractivity contribution is 9.09. The molecule has 1 aromatic rings. The summed E-state index contributed by atoms with van der Waals surface area (Å²) >= 11 is 3.34. The van der Waals surface area contributed by atoms with Crippen LogP contribution < -0.4 is 5.32 Å². The lowest BCUT2D eigenvalue weighted by Gasteiger charge is -2.04. The zero-order chi connectivity index (χ0) is 11.8. The lowest BCUT2D eigenvalue weighted by atomic mass is 10.2. The van der Waals surface area contributed by atoms with Crippen LogP contribution in [0.1, 0.15) is 30.5 Å². The molecular formula is C12H17BrN2O. The molecule has 0 bridgehead atoms. The highest BCUT2D eigenvalue weighted by Gasteiger charge is 2.00. The Morgan fingerprint density at radius 1 is 1.44 bits per heavy atom. The van der Waals surface area contributed by atoms with Gasteiger partial charge in [0, 0.05) is 30.2 Å². The molecule has 0 saturated heterocycles. The molecule has 0 aliphatic rings. The van der Waals surface area contributed by atoms with Crippen LogP contribution in [0.5, 0.6) is 0 Å². The van der Waals surface area contributed by atoms with Crippen LogP contribution in [-0.4, -0.2) is 16.2 Å². The Balaban J connectivity index is 2.23. The first kappa shape index (κ1) is 13.2. The normalized spacial score (nSPS) is 10.1. The van der Waals surface area contributed by atoms with Crippen LogP contribution in [0.4, 0.5) is 0 Å². The molecule has 0 spiro atoms. The number of nitrogens with zero attached hydrogens (tertiary/aromatic N) is 1. The van der Waals surface area contributed by atoms with E-state index in [0.29, 0.717) is 13.0 Å². The summed E-state index contributed by atoms with van der Waals surface area (Å²) in [6, 6.07) is 3.94. The number of halogens is 1. The summed E-state index contributed by atoms with van der Waals surface area (Å²) in [5.41, 5.74) is 2.03. The summed E-state index contributed by atoms with van der Waals surface area (Å²) in [5.74, 6) is 0.113. The average molecular weight is 285 g/mol. The van der Waals surface area contributed by atoms with E-state index in [1.165, 1.54) is 0 Å². The van der Waals surface area contributed by atoms with Crippen LogP contribution in [0.3, 0.4) is 0 Å². The molecule has 0 fully saturated rings. The van der Waals surface area contributed by atoms with Gasteiger partial charge in [0.05, 0.1) is 0 Å². The van der Waals surface area contributed by atoms with Crippen LogP contribution in [0.25, 0.3) is 0 Å². The second kappa shape index (κ2) is 7.39. The van der Waals surface area contributed by atoms with Gasteiger partial charge in [-0.05, 0) is 31.4 Å². The smallest absolute Gasteiger partial charge is 0.220 e. The number of rotatable bonds is 6. The van der Waals surface area contributed by atoms with Crippen LogP contribution in [0, 0.1) is 6.92 Å². The SMILES string of the molecule is Cc1ccc(CNC(=O)CCCCBr)cn1. The van der Waals surface area contributed by atoms with Gasteiger partial charge in [0.2, 0.25) is 5.91 Å². The van der Waals surface area contributed by atoms with E-state index in [0.717, 1.165) is 29.4 Å². The predicted molar refractivity (Wildman–Crippen MR) is 68.5 cm³/mol. The summed E-state index contributed by atoms with van der Waals surface area (Å²) in [7, 11) is 0. The van der Waals surface area contributed by atoms with Crippen LogP contribution in [-0.2, 0) is 11.3 Å². The Hall–Kier alpha value is -0.900. The number of hydrogen-bond donors (Lipinski definition) is 1. The fourth-order valence-electron chi connectivity index (χ4n) is 1.27. The van der Waals surface area contributed by atoms with E-state index in [2.05, 4.69) is 26.2 Å². The summed E-state index contributed by atoms with van der Waals surface area (Å²) < 4.78 is 0. The van der Waals surface area contributed by atoms with Crippen molar-refractivity contribution in [3.63, 3.8) is 0 Å². The highest BCUT2D eigenvalue weighted by Crippen LogP contribution is 2.01. The second-order valence-electron chi connectivity index (χ2n) is 3.73. The minimum absolute atomic E-state index is 0.113. The van der Waals surface area contributed by atoms with E-state index < -0.39 is 0 Å². The molecule has 0 aliphatic heterocycles. The van der Waals surface area contributed by atoms with E-state index >= 15 is 0 Å². The van der Waals surface area contributed by atoms with E-state index in [4.69, 9.17) is 0 Å². The fraction of sp³-hybridized carbons (Fsp3) is 0.500. The average Bonchev–Trinajstić information content (AvgIpc) is 2.29. The summed E-state index contributed by atoms with van der Waals surface area (Å²) in [4.78, 5) is 15.6. The van der Waals surface area contributed by atoms with E-state index in [1.54, 1.807) is 6.20 Å². The lowest BCUT2D eigenvalue weighted by molar-refractivity contribution is -0.121. The monoisotopic (exact) mass is 284 g/mol. The van der Waals surface area contributed by atoms with Gasteiger partial charge in [0.25, 0.3) is 0 Å². The maximum atomic E-state index is 11.4. The maximum Gasteiger partial charge on any atom is 0.220 e. The zero-order valence-electron chi connectivity index (χ0n) is 9.50. The second-order valence-corrected chi connectivity index (χ2v) is 4.52. The number of carbonyl (C=O) groups is 1. The molecule has 1 aromatic heterocycles. The van der Waals surface area contributed by atoms with Gasteiger partial charge in [-0.15, -0.1) is 0 Å². The van der Waals surface area contributed by atoms with Gasteiger partial charge in [-0.25, -0.2) is 0 Å². The summed E-state index contributed by atoms with van der Waals surface area (Å²) in [5, 5.41) is 3.84. The number of amides is 1. The highest BCUT2D eigenvalue weighted by atomic mass is 79.9. The number of aryl methyl sites for hydroxylation is 1. The third-order valence-electron chi connectivity index (χ3n) is 2.25. The minimum atomic E-state index is 0.113. The van der Waals surface area contributed by atoms with Gasteiger partial charge in [0.1, 0.15) is 0 Å². The Bertz CT molecular complexity index is 324. The Morgan fingerprint density at radius 3 is 2.88 bits per heavy atom. The molecule has 0 saturated carbocycles. The van der Waals surface area contributed by atoms with Crippen molar-refractivity contribution in [3.8, 4) is 0 Å². The topological polar surface area (TPSA) is 42.0 Å². The Labute approximate surface area is 105 Å². The molecule has 1 heterocycles. The first-order valence-electron chi connectivity index (χ1n) is 5.46. The predicted octanol–water partition coefficient (Wildman–Crippen LogP) is 2.57. The molecule has 0 radical (unpaired) electrons. The van der Waals surface area contributed by atoms with Crippen molar-refractivity contribution in [2.24, 2.45) is 0 Å². The third-order valence-corrected chi connectivity index (χ3v) is 2.81. The van der Waals surface area contributed by atoms with Crippen LogP contribution in [0.15, 0.2) is 18.3 Å². The van der Waals surface area contributed by atoms with E-state index in [1.807, 2.05) is 19.1 Å². The minimum Gasteiger partial charge on any atom is -0.352 e. The van der Waals surface area contributed by atoms with Gasteiger partial charge in [-0.3, -0.25) is 9.78 Å². The van der Waals surface area contributed by atoms with Crippen molar-refractivity contribution in [3.05, 3.63) is 29.6 Å². The molecule has 1 N–H and O–H groups in total. The van der Waals surface area contributed by atoms with E-state index in [-0.39, 0.29) is 5.91 Å². The van der Waals surface area contributed by atoms with Gasteiger partial charge >= 0.3 is 0 Å². The third kappa shape index (κ3) is 5.26. The number of aromatic nitrogens is 1. The summed E-state index contributed by atoms with van der Waals surface area (Å²) in [6.07, 6.45) is 4.38. The molecule has 0 unspecified atom stereocenters. The molecule has 1 rings (SSSR count). The molecular weight excluding hydrogens is 268 g/mol. The molecule has 1 amide bonds. The fourth-order valence-corrected chi connectivity index (χ4v) is 1.67. The molecule has 0 atom stereocenters. The number of pyridine rings is 1. The van der Waals surface area contributed by atoms with Crippen molar-refractivity contribution < 1.29 is 4.79 Å². The lowest BCUT2D eigenvalue weighted by Crippen LogP contribution is -2.22. The molecule has 3 nitrogen and oxygen atoms in total. The molecule has 88 valence electrons. The van der Waals surface area contributed by atoms with Gasteiger partial charge < -0.3 is 5.32 Å². The number of carbonyl (C=O) groups excluding carboxylic acids is 1. The van der Waals surface area contributed by atoms with Crippen LogP contribution in [0.2, 0.25) is 0 Å². The number of alkyl halides is 1. The van der Waals surface area contributed by atoms with Crippen molar-refractivity contribution in [2.75, 3.05) is 5.33 Å². The number of unbranched alkanes of at least 4 members (excludes halogenated alkanes) is 1. The first-order valence-corrected chi connectivity index (χ1v) is 6.58. The quantitative estimate of drug-likeness (QED) is 0.644. The molecule has 4 heteroatoms. The van der Waals surface area contributed by atoms with Crippen LogP contribution >= 0.6 is 15.9 Å². The van der Waals surface area contributed by atoms with Gasteiger partial charge in [0.15, 0.2) is 0 Å². The Kier molecular flexibility index (Phi) is 6.08. The largest absolute Gasteiger partial charge is 0.352 e. The van der Waals surface area contributed by atoms with Crippen molar-refractivity contribution in [2.45, 2.75) is 32.7 Å². The molecule has 0 aromatic carbocycles. The summed E-state index contributed by atoms with van der Waals surface area (Å²) in [6.45, 7) is 2.52. The van der Waals surface area contributed by atoms with Crippen molar-refractivity contribution in [1.29, 1.82) is 0 Å². The van der Waals surface area contributed by atoms with Crippen molar-refractivity contribution in [1.82, 2.24) is 10.3 Å². The van der Waals surface area contributed by atoms with E-state index in [9.17, 15) is 4.79 Å². The number of nitrogens with one attached hydrogen (secondary N) is 1. The van der Waals surface area contributed by atoms with Crippen molar-refractivity contribution >= 4 is 21.8 Å².